The number of amides is 2. The third-order valence-corrected chi connectivity index (χ3v) is 4.16. The Bertz CT molecular complexity index is 859. The molecule has 2 amide bonds. The first kappa shape index (κ1) is 16.0. The molecule has 2 aliphatic rings. The largest absolute Gasteiger partial charge is 0.325 e. The minimum atomic E-state index is -1.01. The topological polar surface area (TPSA) is 58.5 Å². The number of carbonyl (C=O) groups is 2. The van der Waals surface area contributed by atoms with Crippen molar-refractivity contribution < 1.29 is 18.4 Å². The van der Waals surface area contributed by atoms with E-state index in [0.29, 0.717) is 11.3 Å². The normalized spacial score (nSPS) is 21.5. The van der Waals surface area contributed by atoms with Crippen molar-refractivity contribution in [2.45, 2.75) is 13.8 Å². The number of hydrogen-bond acceptors (Lipinski definition) is 2. The molecular weight excluding hydrogens is 314 g/mol. The van der Waals surface area contributed by atoms with Crippen molar-refractivity contribution in [3.63, 3.8) is 0 Å². The first-order valence-electron chi connectivity index (χ1n) is 7.34. The molecule has 1 atom stereocenters. The average Bonchev–Trinajstić information content (AvgIpc) is 2.52. The lowest BCUT2D eigenvalue weighted by Crippen LogP contribution is -2.35. The minimum Gasteiger partial charge on any atom is -0.325 e. The summed E-state index contributed by atoms with van der Waals surface area (Å²) in [4.78, 5) is 27.7. The van der Waals surface area contributed by atoms with Gasteiger partial charge in [0.25, 0.3) is 11.8 Å². The molecule has 0 saturated heterocycles. The van der Waals surface area contributed by atoms with Gasteiger partial charge in [0.2, 0.25) is 0 Å². The van der Waals surface area contributed by atoms with Crippen molar-refractivity contribution in [1.82, 2.24) is 5.32 Å². The summed E-state index contributed by atoms with van der Waals surface area (Å²) in [5, 5.41) is 2.74. The summed E-state index contributed by atoms with van der Waals surface area (Å²) in [6.45, 7) is 3.60. The van der Waals surface area contributed by atoms with Gasteiger partial charge < -0.3 is 5.32 Å². The molecule has 1 heterocycles. The Morgan fingerprint density at radius 1 is 1.21 bits per heavy atom. The Hall–Kier alpha value is -2.89. The van der Waals surface area contributed by atoms with Gasteiger partial charge in [0, 0.05) is 17.2 Å². The molecule has 6 heteroatoms. The number of nitrogens with zero attached hydrogens (tertiary/aromatic N) is 1. The number of fused-ring (bicyclic) bond motifs is 1. The minimum absolute atomic E-state index is 0.0954. The summed E-state index contributed by atoms with van der Waals surface area (Å²) in [5.74, 6) is -3.24. The van der Waals surface area contributed by atoms with E-state index < -0.39 is 23.1 Å². The molecule has 1 aliphatic heterocycles. The van der Waals surface area contributed by atoms with Crippen LogP contribution >= 0.6 is 0 Å². The van der Waals surface area contributed by atoms with Crippen LogP contribution in [0, 0.1) is 17.6 Å². The monoisotopic (exact) mass is 328 g/mol. The van der Waals surface area contributed by atoms with Crippen LogP contribution < -0.4 is 5.32 Å². The molecular formula is C18H14F2N2O2. The molecule has 24 heavy (non-hydrogen) atoms. The maximum atomic E-state index is 13.6. The van der Waals surface area contributed by atoms with Crippen molar-refractivity contribution in [2.75, 3.05) is 0 Å². The van der Waals surface area contributed by atoms with Crippen LogP contribution in [0.2, 0.25) is 0 Å². The Morgan fingerprint density at radius 2 is 1.88 bits per heavy atom. The van der Waals surface area contributed by atoms with Crippen LogP contribution in [0.15, 0.2) is 58.3 Å². The van der Waals surface area contributed by atoms with E-state index in [-0.39, 0.29) is 17.5 Å². The number of benzene rings is 1. The van der Waals surface area contributed by atoms with Crippen LogP contribution in [0.1, 0.15) is 24.2 Å². The fraction of sp³-hybridized carbons (Fsp3) is 0.167. The highest BCUT2D eigenvalue weighted by atomic mass is 19.1. The molecule has 0 fully saturated rings. The summed E-state index contributed by atoms with van der Waals surface area (Å²) >= 11 is 0. The molecule has 3 rings (SSSR count). The van der Waals surface area contributed by atoms with E-state index in [2.05, 4.69) is 10.3 Å². The van der Waals surface area contributed by atoms with E-state index in [0.717, 1.165) is 17.7 Å². The summed E-state index contributed by atoms with van der Waals surface area (Å²) in [7, 11) is 0. The van der Waals surface area contributed by atoms with Gasteiger partial charge in [-0.05, 0) is 38.1 Å². The number of nitrogens with one attached hydrogen (secondary N) is 1. The van der Waals surface area contributed by atoms with Gasteiger partial charge in [0.1, 0.15) is 17.2 Å². The third-order valence-electron chi connectivity index (χ3n) is 4.16. The van der Waals surface area contributed by atoms with Gasteiger partial charge >= 0.3 is 0 Å². The van der Waals surface area contributed by atoms with Gasteiger partial charge in [-0.25, -0.2) is 13.8 Å². The van der Waals surface area contributed by atoms with Gasteiger partial charge in [-0.2, -0.15) is 0 Å². The van der Waals surface area contributed by atoms with E-state index in [1.54, 1.807) is 19.1 Å². The second-order valence-corrected chi connectivity index (χ2v) is 5.64. The fourth-order valence-corrected chi connectivity index (χ4v) is 2.67. The molecule has 0 aromatic heterocycles. The van der Waals surface area contributed by atoms with E-state index in [1.165, 1.54) is 12.1 Å². The zero-order chi connectivity index (χ0) is 17.4. The maximum absolute atomic E-state index is 13.6. The van der Waals surface area contributed by atoms with E-state index in [1.807, 2.05) is 6.92 Å². The number of carbonyl (C=O) groups excluding carboxylic acids is 2. The number of hydrogen-bond donors (Lipinski definition) is 1. The molecule has 1 aromatic rings. The van der Waals surface area contributed by atoms with Crippen molar-refractivity contribution >= 4 is 17.5 Å². The van der Waals surface area contributed by atoms with Crippen LogP contribution in [0.5, 0.6) is 0 Å². The molecule has 0 spiro atoms. The highest BCUT2D eigenvalue weighted by Gasteiger charge is 2.27. The molecule has 0 saturated carbocycles. The number of rotatable bonds is 1. The van der Waals surface area contributed by atoms with Crippen LogP contribution in [-0.4, -0.2) is 17.5 Å². The first-order chi connectivity index (χ1) is 11.4. The maximum Gasteiger partial charge on any atom is 0.283 e. The average molecular weight is 328 g/mol. The first-order valence-corrected chi connectivity index (χ1v) is 7.34. The van der Waals surface area contributed by atoms with Crippen LogP contribution in [-0.2, 0) is 4.79 Å². The van der Waals surface area contributed by atoms with Crippen molar-refractivity contribution in [3.8, 4) is 0 Å². The summed E-state index contributed by atoms with van der Waals surface area (Å²) in [6, 6.07) is 3.18. The lowest BCUT2D eigenvalue weighted by Gasteiger charge is -2.28. The molecule has 1 aromatic carbocycles. The summed E-state index contributed by atoms with van der Waals surface area (Å²) < 4.78 is 27.3. The third kappa shape index (κ3) is 2.71. The van der Waals surface area contributed by atoms with Crippen LogP contribution in [0.3, 0.4) is 0 Å². The van der Waals surface area contributed by atoms with Gasteiger partial charge in [0.05, 0.1) is 5.71 Å². The van der Waals surface area contributed by atoms with Crippen molar-refractivity contribution in [1.29, 1.82) is 0 Å². The zero-order valence-corrected chi connectivity index (χ0v) is 13.1. The smallest absolute Gasteiger partial charge is 0.283 e. The molecule has 0 bridgehead atoms. The second kappa shape index (κ2) is 5.96. The van der Waals surface area contributed by atoms with E-state index >= 15 is 0 Å². The molecule has 4 nitrogen and oxygen atoms in total. The van der Waals surface area contributed by atoms with Gasteiger partial charge in [-0.15, -0.1) is 0 Å². The number of aliphatic imine (C=N–C) groups is 1. The Morgan fingerprint density at radius 3 is 2.54 bits per heavy atom. The second-order valence-electron chi connectivity index (χ2n) is 5.64. The molecule has 1 unspecified atom stereocenters. The van der Waals surface area contributed by atoms with Crippen molar-refractivity contribution in [3.05, 3.63) is 70.5 Å². The van der Waals surface area contributed by atoms with Gasteiger partial charge in [-0.1, -0.05) is 17.7 Å². The SMILES string of the molecule is CC1=C(C)C2C=CC(=NC(=O)c3c(F)cccc3F)C=C2NC1=O. The quantitative estimate of drug-likeness (QED) is 0.861. The Balaban J connectivity index is 1.94. The fourth-order valence-electron chi connectivity index (χ4n) is 2.67. The number of halogens is 2. The highest BCUT2D eigenvalue weighted by Crippen LogP contribution is 2.30. The highest BCUT2D eigenvalue weighted by molar-refractivity contribution is 6.14. The lowest BCUT2D eigenvalue weighted by atomic mass is 9.85. The summed E-state index contributed by atoms with van der Waals surface area (Å²) in [5.41, 5.74) is 1.67. The van der Waals surface area contributed by atoms with E-state index in [9.17, 15) is 18.4 Å². The predicted molar refractivity (Wildman–Crippen MR) is 85.4 cm³/mol. The van der Waals surface area contributed by atoms with Crippen LogP contribution in [0.25, 0.3) is 0 Å². The summed E-state index contributed by atoms with van der Waals surface area (Å²) in [6.07, 6.45) is 4.92. The molecule has 122 valence electrons. The molecule has 1 aliphatic carbocycles. The predicted octanol–water partition coefficient (Wildman–Crippen LogP) is 3.08. The Labute approximate surface area is 137 Å². The number of allylic oxidation sites excluding steroid dienone is 3. The lowest BCUT2D eigenvalue weighted by molar-refractivity contribution is -0.117. The van der Waals surface area contributed by atoms with Gasteiger partial charge in [0.15, 0.2) is 0 Å². The Kier molecular flexibility index (Phi) is 3.97. The van der Waals surface area contributed by atoms with Crippen molar-refractivity contribution in [2.24, 2.45) is 10.9 Å². The zero-order valence-electron chi connectivity index (χ0n) is 13.1. The standard InChI is InChI=1S/C18H14F2N2O2/c1-9-10(2)17(23)22-15-8-11(6-7-12(9)15)21-18(24)16-13(19)4-3-5-14(16)20/h3-8,12H,1-2H3,(H,22,23). The molecule has 0 radical (unpaired) electrons. The van der Waals surface area contributed by atoms with Gasteiger partial charge in [-0.3, -0.25) is 9.59 Å². The van der Waals surface area contributed by atoms with E-state index in [4.69, 9.17) is 0 Å². The molecule has 1 N–H and O–H groups in total. The van der Waals surface area contributed by atoms with Crippen LogP contribution in [0.4, 0.5) is 8.78 Å².